The summed E-state index contributed by atoms with van der Waals surface area (Å²) in [6, 6.07) is 2.78. The van der Waals surface area contributed by atoms with E-state index >= 15 is 0 Å². The molecule has 0 aromatic heterocycles. The zero-order valence-corrected chi connectivity index (χ0v) is 12.9. The standard InChI is InChI=1S/C13H14ClNO5S/c1-15(9-2-3-21(17,18)6-9)13(16)8-4-10(14)12-11(5-8)19-7-20-12/h4-5,9H,2-3,6-7H2,1H3/t9-/m1/s1. The van der Waals surface area contributed by atoms with Crippen molar-refractivity contribution in [3.05, 3.63) is 22.7 Å². The third kappa shape index (κ3) is 2.67. The van der Waals surface area contributed by atoms with Crippen molar-refractivity contribution in [3.8, 4) is 11.5 Å². The second-order valence-electron chi connectivity index (χ2n) is 5.16. The molecule has 0 aliphatic carbocycles. The van der Waals surface area contributed by atoms with Crippen molar-refractivity contribution < 1.29 is 22.7 Å². The summed E-state index contributed by atoms with van der Waals surface area (Å²) < 4.78 is 33.5. The minimum Gasteiger partial charge on any atom is -0.454 e. The smallest absolute Gasteiger partial charge is 0.254 e. The Morgan fingerprint density at radius 3 is 2.81 bits per heavy atom. The van der Waals surface area contributed by atoms with Crippen molar-refractivity contribution in [1.29, 1.82) is 0 Å². The molecule has 0 radical (unpaired) electrons. The van der Waals surface area contributed by atoms with Gasteiger partial charge < -0.3 is 14.4 Å². The molecule has 0 saturated carbocycles. The first-order valence-electron chi connectivity index (χ1n) is 6.44. The molecule has 1 amide bonds. The first-order chi connectivity index (χ1) is 9.87. The molecule has 0 bridgehead atoms. The maximum absolute atomic E-state index is 12.5. The number of ether oxygens (including phenoxy) is 2. The van der Waals surface area contributed by atoms with Gasteiger partial charge >= 0.3 is 0 Å². The highest BCUT2D eigenvalue weighted by Gasteiger charge is 2.33. The number of carbonyl (C=O) groups excluding carboxylic acids is 1. The first kappa shape index (κ1) is 14.5. The summed E-state index contributed by atoms with van der Waals surface area (Å²) >= 11 is 6.06. The Hall–Kier alpha value is -1.47. The van der Waals surface area contributed by atoms with Crippen LogP contribution in [0.1, 0.15) is 16.8 Å². The predicted molar refractivity (Wildman–Crippen MR) is 76.7 cm³/mol. The molecule has 1 fully saturated rings. The van der Waals surface area contributed by atoms with E-state index in [0.717, 1.165) is 0 Å². The fraction of sp³-hybridized carbons (Fsp3) is 0.462. The van der Waals surface area contributed by atoms with Crippen LogP contribution in [-0.2, 0) is 9.84 Å². The maximum Gasteiger partial charge on any atom is 0.254 e. The van der Waals surface area contributed by atoms with Crippen molar-refractivity contribution in [2.75, 3.05) is 25.3 Å². The van der Waals surface area contributed by atoms with Gasteiger partial charge in [-0.05, 0) is 18.6 Å². The lowest BCUT2D eigenvalue weighted by atomic mass is 10.1. The van der Waals surface area contributed by atoms with Crippen LogP contribution in [0.4, 0.5) is 0 Å². The Bertz CT molecular complexity index is 703. The second kappa shape index (κ2) is 5.06. The summed E-state index contributed by atoms with van der Waals surface area (Å²) in [6.07, 6.45) is 0.461. The maximum atomic E-state index is 12.5. The van der Waals surface area contributed by atoms with Crippen LogP contribution in [0.15, 0.2) is 12.1 Å². The van der Waals surface area contributed by atoms with Crippen LogP contribution < -0.4 is 9.47 Å². The zero-order valence-electron chi connectivity index (χ0n) is 11.3. The van der Waals surface area contributed by atoms with Crippen LogP contribution in [0.2, 0.25) is 5.02 Å². The van der Waals surface area contributed by atoms with Gasteiger partial charge in [-0.25, -0.2) is 8.42 Å². The number of hydrogen-bond acceptors (Lipinski definition) is 5. The van der Waals surface area contributed by atoms with E-state index in [-0.39, 0.29) is 30.2 Å². The van der Waals surface area contributed by atoms with Crippen LogP contribution >= 0.6 is 11.6 Å². The fourth-order valence-corrected chi connectivity index (χ4v) is 4.58. The van der Waals surface area contributed by atoms with Crippen LogP contribution in [0.25, 0.3) is 0 Å². The van der Waals surface area contributed by atoms with Crippen molar-refractivity contribution >= 4 is 27.3 Å². The molecule has 1 aromatic carbocycles. The number of fused-ring (bicyclic) bond motifs is 1. The van der Waals surface area contributed by atoms with Crippen molar-refractivity contribution in [1.82, 2.24) is 4.90 Å². The van der Waals surface area contributed by atoms with E-state index in [0.29, 0.717) is 28.5 Å². The van der Waals surface area contributed by atoms with Gasteiger partial charge in [0.05, 0.1) is 16.5 Å². The van der Waals surface area contributed by atoms with Gasteiger partial charge in [-0.1, -0.05) is 11.6 Å². The SMILES string of the molecule is CN(C(=O)c1cc(Cl)c2c(c1)OCO2)[C@@H]1CCS(=O)(=O)C1. The number of nitrogens with zero attached hydrogens (tertiary/aromatic N) is 1. The summed E-state index contributed by atoms with van der Waals surface area (Å²) in [5.41, 5.74) is 0.357. The van der Waals surface area contributed by atoms with Gasteiger partial charge in [0.15, 0.2) is 21.3 Å². The predicted octanol–water partition coefficient (Wildman–Crippen LogP) is 1.33. The molecule has 2 aliphatic rings. The number of halogens is 1. The molecule has 8 heteroatoms. The van der Waals surface area contributed by atoms with Gasteiger partial charge in [-0.2, -0.15) is 0 Å². The van der Waals surface area contributed by atoms with Crippen molar-refractivity contribution in [3.63, 3.8) is 0 Å². The largest absolute Gasteiger partial charge is 0.454 e. The van der Waals surface area contributed by atoms with Crippen LogP contribution in [0.3, 0.4) is 0 Å². The van der Waals surface area contributed by atoms with Crippen molar-refractivity contribution in [2.24, 2.45) is 0 Å². The summed E-state index contributed by atoms with van der Waals surface area (Å²) in [4.78, 5) is 13.9. The molecule has 1 atom stereocenters. The topological polar surface area (TPSA) is 72.9 Å². The Morgan fingerprint density at radius 1 is 1.38 bits per heavy atom. The average molecular weight is 332 g/mol. The molecule has 0 unspecified atom stereocenters. The van der Waals surface area contributed by atoms with E-state index in [9.17, 15) is 13.2 Å². The van der Waals surface area contributed by atoms with Gasteiger partial charge in [0.2, 0.25) is 6.79 Å². The van der Waals surface area contributed by atoms with E-state index in [1.807, 2.05) is 0 Å². The number of sulfone groups is 1. The molecule has 0 spiro atoms. The normalized spacial score (nSPS) is 22.3. The molecule has 21 heavy (non-hydrogen) atoms. The third-order valence-corrected chi connectivity index (χ3v) is 5.78. The summed E-state index contributed by atoms with van der Waals surface area (Å²) in [5, 5.41) is 0.306. The second-order valence-corrected chi connectivity index (χ2v) is 7.80. The zero-order chi connectivity index (χ0) is 15.2. The Morgan fingerprint density at radius 2 is 2.14 bits per heavy atom. The third-order valence-electron chi connectivity index (χ3n) is 3.75. The number of rotatable bonds is 2. The van der Waals surface area contributed by atoms with Gasteiger partial charge in [-0.15, -0.1) is 0 Å². The number of benzene rings is 1. The fourth-order valence-electron chi connectivity index (χ4n) is 2.54. The molecule has 6 nitrogen and oxygen atoms in total. The minimum atomic E-state index is -3.04. The molecule has 3 rings (SSSR count). The van der Waals surface area contributed by atoms with Gasteiger partial charge in [0.1, 0.15) is 0 Å². The molecule has 1 saturated heterocycles. The Balaban J connectivity index is 1.84. The molecule has 2 heterocycles. The van der Waals surface area contributed by atoms with Crippen molar-refractivity contribution in [2.45, 2.75) is 12.5 Å². The lowest BCUT2D eigenvalue weighted by Gasteiger charge is -2.23. The molecule has 0 N–H and O–H groups in total. The van der Waals surface area contributed by atoms with Crippen LogP contribution in [0.5, 0.6) is 11.5 Å². The van der Waals surface area contributed by atoms with Gasteiger partial charge in [0.25, 0.3) is 5.91 Å². The number of amides is 1. The molecular weight excluding hydrogens is 318 g/mol. The van der Waals surface area contributed by atoms with Gasteiger partial charge in [-0.3, -0.25) is 4.79 Å². The highest BCUT2D eigenvalue weighted by molar-refractivity contribution is 7.91. The lowest BCUT2D eigenvalue weighted by molar-refractivity contribution is 0.0747. The van der Waals surface area contributed by atoms with E-state index in [1.54, 1.807) is 13.1 Å². The van der Waals surface area contributed by atoms with E-state index in [2.05, 4.69) is 0 Å². The van der Waals surface area contributed by atoms with E-state index < -0.39 is 9.84 Å². The van der Waals surface area contributed by atoms with Crippen LogP contribution in [-0.4, -0.2) is 50.6 Å². The molecule has 114 valence electrons. The number of hydrogen-bond donors (Lipinski definition) is 0. The number of carbonyl (C=O) groups is 1. The summed E-state index contributed by atoms with van der Waals surface area (Å²) in [7, 11) is -1.44. The first-order valence-corrected chi connectivity index (χ1v) is 8.64. The van der Waals surface area contributed by atoms with E-state index in [4.69, 9.17) is 21.1 Å². The molecular formula is C13H14ClNO5S. The Labute approximate surface area is 127 Å². The monoisotopic (exact) mass is 331 g/mol. The quantitative estimate of drug-likeness (QED) is 0.817. The average Bonchev–Trinajstić information content (AvgIpc) is 3.03. The Kier molecular flexibility index (Phi) is 3.49. The summed E-state index contributed by atoms with van der Waals surface area (Å²) in [5.74, 6) is 0.708. The summed E-state index contributed by atoms with van der Waals surface area (Å²) in [6.45, 7) is 0.0728. The lowest BCUT2D eigenvalue weighted by Crippen LogP contribution is -2.37. The van der Waals surface area contributed by atoms with E-state index in [1.165, 1.54) is 11.0 Å². The van der Waals surface area contributed by atoms with Gasteiger partial charge in [0, 0.05) is 18.7 Å². The van der Waals surface area contributed by atoms with Crippen LogP contribution in [0, 0.1) is 0 Å². The highest BCUT2D eigenvalue weighted by atomic mass is 35.5. The minimum absolute atomic E-state index is 0.00746. The highest BCUT2D eigenvalue weighted by Crippen LogP contribution is 2.40. The molecule has 2 aliphatic heterocycles. The molecule has 1 aromatic rings.